The molecule has 2 saturated heterocycles. The van der Waals surface area contributed by atoms with E-state index in [2.05, 4.69) is 10.2 Å². The molecule has 3 aliphatic heterocycles. The Labute approximate surface area is 186 Å². The fourth-order valence-corrected chi connectivity index (χ4v) is 4.91. The zero-order valence-electron chi connectivity index (χ0n) is 17.1. The number of hydrogen-bond acceptors (Lipinski definition) is 7. The smallest absolute Gasteiger partial charge is 0.485 e. The maximum Gasteiger partial charge on any atom is 0.511 e. The van der Waals surface area contributed by atoms with Crippen LogP contribution in [0.3, 0.4) is 0 Å². The van der Waals surface area contributed by atoms with Gasteiger partial charge < -0.3 is 14.2 Å². The first-order valence-electron chi connectivity index (χ1n) is 10.1. The van der Waals surface area contributed by atoms with Crippen molar-refractivity contribution >= 4 is 15.7 Å². The van der Waals surface area contributed by atoms with Crippen LogP contribution in [-0.4, -0.2) is 62.9 Å². The first kappa shape index (κ1) is 24.0. The van der Waals surface area contributed by atoms with E-state index in [0.29, 0.717) is 30.9 Å². The van der Waals surface area contributed by atoms with Gasteiger partial charge in [-0.1, -0.05) is 0 Å². The molecular weight excluding hydrogens is 479 g/mol. The Balaban J connectivity index is 1.57. The molecule has 33 heavy (non-hydrogen) atoms. The van der Waals surface area contributed by atoms with Crippen LogP contribution >= 0.6 is 0 Å². The molecule has 4 rings (SSSR count). The molecule has 0 bridgehead atoms. The second-order valence-corrected chi connectivity index (χ2v) is 9.79. The van der Waals surface area contributed by atoms with Gasteiger partial charge >= 0.3 is 22.1 Å². The summed E-state index contributed by atoms with van der Waals surface area (Å²) in [5.74, 6) is -0.488. The van der Waals surface area contributed by atoms with Gasteiger partial charge in [-0.3, -0.25) is 10.3 Å². The Hall–Kier alpha value is -2.16. The molecule has 1 aromatic rings. The number of alkyl halides is 5. The number of piperidine rings is 1. The Morgan fingerprint density at radius 3 is 2.70 bits per heavy atom. The van der Waals surface area contributed by atoms with Gasteiger partial charge in [0, 0.05) is 25.1 Å². The Bertz CT molecular complexity index is 1010. The minimum Gasteiger partial charge on any atom is -0.485 e. The zero-order valence-corrected chi connectivity index (χ0v) is 17.9. The largest absolute Gasteiger partial charge is 0.511 e. The van der Waals surface area contributed by atoms with Crippen LogP contribution in [-0.2, 0) is 19.6 Å². The lowest BCUT2D eigenvalue weighted by Crippen LogP contribution is -2.48. The highest BCUT2D eigenvalue weighted by Gasteiger charge is 2.51. The molecule has 1 spiro atoms. The number of ether oxygens (including phenoxy) is 3. The molecule has 2 fully saturated rings. The number of rotatable bonds is 6. The number of nitrogens with zero attached hydrogens (tertiary/aromatic N) is 1. The van der Waals surface area contributed by atoms with Gasteiger partial charge in [-0.05, 0) is 37.1 Å². The summed E-state index contributed by atoms with van der Waals surface area (Å²) < 4.78 is 104. The van der Waals surface area contributed by atoms with E-state index in [9.17, 15) is 30.4 Å². The number of benzene rings is 1. The minimum atomic E-state index is -5.53. The zero-order chi connectivity index (χ0) is 23.9. The summed E-state index contributed by atoms with van der Waals surface area (Å²) in [7, 11) is -5.53. The first-order chi connectivity index (χ1) is 15.5. The van der Waals surface area contributed by atoms with Crippen molar-refractivity contribution in [3.05, 3.63) is 29.8 Å². The normalized spacial score (nSPS) is 26.5. The molecule has 2 atom stereocenters. The number of hydroxylamine groups is 1. The van der Waals surface area contributed by atoms with E-state index in [-0.39, 0.29) is 35.2 Å². The molecule has 0 aromatic heterocycles. The standard InChI is InChI=1S/C19H21F5N2O6S/c20-17(21)31-15-4-3-12(14-9-18(32-25-14)5-7-29-11-18)8-16(15)30-13-2-1-6-26(10-13)33(27,28)19(22,23)24/h3-4,8-9,13,17,25H,1-2,5-7,10-11H2. The van der Waals surface area contributed by atoms with Gasteiger partial charge in [0.15, 0.2) is 11.5 Å². The van der Waals surface area contributed by atoms with Crippen molar-refractivity contribution in [1.82, 2.24) is 9.79 Å². The predicted molar refractivity (Wildman–Crippen MR) is 104 cm³/mol. The number of nitrogens with one attached hydrogen (secondary N) is 1. The monoisotopic (exact) mass is 500 g/mol. The summed E-state index contributed by atoms with van der Waals surface area (Å²) in [6, 6.07) is 4.11. The van der Waals surface area contributed by atoms with Gasteiger partial charge in [0.05, 0.1) is 18.8 Å². The summed E-state index contributed by atoms with van der Waals surface area (Å²) in [6.45, 7) is -3.21. The van der Waals surface area contributed by atoms with Crippen LogP contribution in [0.5, 0.6) is 11.5 Å². The Kier molecular flexibility index (Phi) is 6.46. The SMILES string of the molecule is O=S(=O)(N1CCCC(Oc2cc(C3=CC4(CCOC4)ON3)ccc2OC(F)F)C1)C(F)(F)F. The minimum absolute atomic E-state index is 0.105. The molecule has 0 radical (unpaired) electrons. The topological polar surface area (TPSA) is 86.3 Å². The third kappa shape index (κ3) is 5.03. The van der Waals surface area contributed by atoms with Crippen molar-refractivity contribution in [3.8, 4) is 11.5 Å². The van der Waals surface area contributed by atoms with Gasteiger partial charge in [-0.15, -0.1) is 0 Å². The van der Waals surface area contributed by atoms with Crippen LogP contribution in [0, 0.1) is 0 Å². The van der Waals surface area contributed by atoms with Crippen LogP contribution < -0.4 is 15.0 Å². The molecule has 2 unspecified atom stereocenters. The maximum absolute atomic E-state index is 12.9. The Morgan fingerprint density at radius 2 is 2.03 bits per heavy atom. The lowest BCUT2D eigenvalue weighted by Gasteiger charge is -2.32. The highest BCUT2D eigenvalue weighted by molar-refractivity contribution is 7.90. The van der Waals surface area contributed by atoms with Crippen LogP contribution in [0.1, 0.15) is 24.8 Å². The van der Waals surface area contributed by atoms with Gasteiger partial charge in [0.25, 0.3) is 0 Å². The number of sulfonamides is 1. The summed E-state index contributed by atoms with van der Waals surface area (Å²) in [6.07, 6.45) is 1.75. The molecule has 1 aromatic carbocycles. The average molecular weight is 500 g/mol. The van der Waals surface area contributed by atoms with E-state index in [1.165, 1.54) is 18.2 Å². The third-order valence-corrected chi connectivity index (χ3v) is 7.12. The fourth-order valence-electron chi connectivity index (χ4n) is 3.88. The highest BCUT2D eigenvalue weighted by Crippen LogP contribution is 2.38. The van der Waals surface area contributed by atoms with Crippen molar-refractivity contribution in [2.24, 2.45) is 0 Å². The molecule has 3 aliphatic rings. The van der Waals surface area contributed by atoms with E-state index in [4.69, 9.17) is 14.3 Å². The number of halogens is 5. The van der Waals surface area contributed by atoms with Crippen LogP contribution in [0.15, 0.2) is 24.3 Å². The summed E-state index contributed by atoms with van der Waals surface area (Å²) in [5, 5.41) is 0. The highest BCUT2D eigenvalue weighted by atomic mass is 32.2. The molecule has 14 heteroatoms. The van der Waals surface area contributed by atoms with E-state index in [1.807, 2.05) is 0 Å². The molecule has 0 saturated carbocycles. The van der Waals surface area contributed by atoms with E-state index in [1.54, 1.807) is 6.08 Å². The molecule has 8 nitrogen and oxygen atoms in total. The van der Waals surface area contributed by atoms with E-state index in [0.717, 1.165) is 0 Å². The van der Waals surface area contributed by atoms with Crippen molar-refractivity contribution in [2.45, 2.75) is 43.1 Å². The molecule has 3 heterocycles. The van der Waals surface area contributed by atoms with Crippen LogP contribution in [0.4, 0.5) is 22.0 Å². The van der Waals surface area contributed by atoms with E-state index >= 15 is 0 Å². The van der Waals surface area contributed by atoms with Crippen molar-refractivity contribution in [3.63, 3.8) is 0 Å². The summed E-state index contributed by atoms with van der Waals surface area (Å²) in [4.78, 5) is 5.60. The second kappa shape index (κ2) is 8.89. The third-order valence-electron chi connectivity index (χ3n) is 5.53. The molecule has 184 valence electrons. The quantitative estimate of drug-likeness (QED) is 0.601. The molecule has 0 amide bonds. The summed E-state index contributed by atoms with van der Waals surface area (Å²) >= 11 is 0. The van der Waals surface area contributed by atoms with Gasteiger partial charge in [-0.25, -0.2) is 8.42 Å². The molecule has 0 aliphatic carbocycles. The van der Waals surface area contributed by atoms with Crippen molar-refractivity contribution in [1.29, 1.82) is 0 Å². The first-order valence-corrected chi connectivity index (χ1v) is 11.5. The summed E-state index contributed by atoms with van der Waals surface area (Å²) in [5.41, 5.74) is -2.31. The van der Waals surface area contributed by atoms with E-state index < -0.39 is 40.4 Å². The average Bonchev–Trinajstić information content (AvgIpc) is 3.38. The van der Waals surface area contributed by atoms with Crippen molar-refractivity contribution in [2.75, 3.05) is 26.3 Å². The van der Waals surface area contributed by atoms with Crippen molar-refractivity contribution < 1.29 is 49.4 Å². The molecule has 1 N–H and O–H groups in total. The van der Waals surface area contributed by atoms with Gasteiger partial charge in [0.2, 0.25) is 0 Å². The second-order valence-electron chi connectivity index (χ2n) is 7.86. The maximum atomic E-state index is 12.9. The molecular formula is C19H21F5N2O6S. The number of hydrogen-bond donors (Lipinski definition) is 1. The van der Waals surface area contributed by atoms with Crippen LogP contribution in [0.2, 0.25) is 0 Å². The lowest BCUT2D eigenvalue weighted by molar-refractivity contribution is -0.0542. The van der Waals surface area contributed by atoms with Gasteiger partial charge in [0.1, 0.15) is 11.7 Å². The Morgan fingerprint density at radius 1 is 1.24 bits per heavy atom. The van der Waals surface area contributed by atoms with Gasteiger partial charge in [-0.2, -0.15) is 26.3 Å². The lowest BCUT2D eigenvalue weighted by atomic mass is 10.0. The van der Waals surface area contributed by atoms with Crippen LogP contribution in [0.25, 0.3) is 5.70 Å². The fraction of sp³-hybridized carbons (Fsp3) is 0.579. The predicted octanol–water partition coefficient (Wildman–Crippen LogP) is 3.02.